The summed E-state index contributed by atoms with van der Waals surface area (Å²) < 4.78 is 1.84. The van der Waals surface area contributed by atoms with E-state index in [1.807, 2.05) is 17.8 Å². The third kappa shape index (κ3) is 1.52. The Morgan fingerprint density at radius 2 is 2.43 bits per heavy atom. The summed E-state index contributed by atoms with van der Waals surface area (Å²) in [5.74, 6) is -0.716. The number of carboxylic acids is 1. The quantitative estimate of drug-likeness (QED) is 0.788. The molecule has 1 aliphatic carbocycles. The molecule has 0 spiro atoms. The second-order valence-corrected chi connectivity index (χ2v) is 3.94. The monoisotopic (exact) mass is 194 g/mol. The van der Waals surface area contributed by atoms with Crippen molar-refractivity contribution in [3.05, 3.63) is 18.0 Å². The van der Waals surface area contributed by atoms with E-state index in [1.54, 1.807) is 6.20 Å². The van der Waals surface area contributed by atoms with Crippen LogP contribution in [0.5, 0.6) is 0 Å². The highest BCUT2D eigenvalue weighted by Crippen LogP contribution is 2.50. The smallest absolute Gasteiger partial charge is 0.304 e. The van der Waals surface area contributed by atoms with Crippen LogP contribution in [0.1, 0.15) is 31.7 Å². The first kappa shape index (κ1) is 9.24. The molecule has 0 radical (unpaired) electrons. The molecule has 1 N–H and O–H groups in total. The standard InChI is InChI=1S/C10H14N2O2/c1-2-12-7-8(6-11-12)10(3-4-10)5-9(13)14/h6-7H,2-5H2,1H3,(H,13,14). The van der Waals surface area contributed by atoms with Crippen molar-refractivity contribution in [2.24, 2.45) is 0 Å². The van der Waals surface area contributed by atoms with E-state index < -0.39 is 5.97 Å². The number of carbonyl (C=O) groups is 1. The molecular formula is C10H14N2O2. The first-order valence-electron chi connectivity index (χ1n) is 4.91. The number of carboxylic acid groups (broad SMARTS) is 1. The van der Waals surface area contributed by atoms with Gasteiger partial charge < -0.3 is 5.11 Å². The minimum Gasteiger partial charge on any atom is -0.481 e. The minimum absolute atomic E-state index is 0.0980. The lowest BCUT2D eigenvalue weighted by atomic mass is 9.96. The SMILES string of the molecule is CCn1cc(C2(CC(=O)O)CC2)cn1. The fourth-order valence-electron chi connectivity index (χ4n) is 1.82. The van der Waals surface area contributed by atoms with E-state index >= 15 is 0 Å². The summed E-state index contributed by atoms with van der Waals surface area (Å²) in [4.78, 5) is 10.7. The zero-order chi connectivity index (χ0) is 10.2. The number of nitrogens with zero attached hydrogens (tertiary/aromatic N) is 2. The molecule has 4 heteroatoms. The summed E-state index contributed by atoms with van der Waals surface area (Å²) in [6, 6.07) is 0. The topological polar surface area (TPSA) is 55.1 Å². The van der Waals surface area contributed by atoms with E-state index in [2.05, 4.69) is 5.10 Å². The van der Waals surface area contributed by atoms with Gasteiger partial charge in [0.1, 0.15) is 0 Å². The van der Waals surface area contributed by atoms with Gasteiger partial charge in [0.05, 0.1) is 12.6 Å². The van der Waals surface area contributed by atoms with Crippen LogP contribution in [0.4, 0.5) is 0 Å². The van der Waals surface area contributed by atoms with Gasteiger partial charge in [-0.2, -0.15) is 5.10 Å². The molecule has 1 aliphatic rings. The summed E-state index contributed by atoms with van der Waals surface area (Å²) >= 11 is 0. The molecule has 1 aromatic heterocycles. The second-order valence-electron chi connectivity index (χ2n) is 3.94. The molecule has 4 nitrogen and oxygen atoms in total. The van der Waals surface area contributed by atoms with Crippen molar-refractivity contribution in [1.82, 2.24) is 9.78 Å². The fraction of sp³-hybridized carbons (Fsp3) is 0.600. The fourth-order valence-corrected chi connectivity index (χ4v) is 1.82. The van der Waals surface area contributed by atoms with E-state index in [0.717, 1.165) is 24.9 Å². The van der Waals surface area contributed by atoms with Gasteiger partial charge in [0, 0.05) is 18.2 Å². The molecule has 76 valence electrons. The van der Waals surface area contributed by atoms with Gasteiger partial charge >= 0.3 is 5.97 Å². The number of hydrogen-bond acceptors (Lipinski definition) is 2. The lowest BCUT2D eigenvalue weighted by Crippen LogP contribution is -2.12. The van der Waals surface area contributed by atoms with Crippen LogP contribution in [0.15, 0.2) is 12.4 Å². The van der Waals surface area contributed by atoms with Crippen LogP contribution < -0.4 is 0 Å². The van der Waals surface area contributed by atoms with Crippen LogP contribution in [0.2, 0.25) is 0 Å². The Kier molecular flexibility index (Phi) is 2.06. The van der Waals surface area contributed by atoms with E-state index in [1.165, 1.54) is 0 Å². The van der Waals surface area contributed by atoms with Gasteiger partial charge in [-0.3, -0.25) is 9.48 Å². The summed E-state index contributed by atoms with van der Waals surface area (Å²) in [5.41, 5.74) is 0.987. The predicted molar refractivity (Wildman–Crippen MR) is 51.1 cm³/mol. The third-order valence-corrected chi connectivity index (χ3v) is 2.91. The number of aliphatic carboxylic acids is 1. The normalized spacial score (nSPS) is 18.1. The van der Waals surface area contributed by atoms with Crippen molar-refractivity contribution < 1.29 is 9.90 Å². The molecule has 0 bridgehead atoms. The molecule has 0 atom stereocenters. The summed E-state index contributed by atoms with van der Waals surface area (Å²) in [5, 5.41) is 13.0. The van der Waals surface area contributed by atoms with Crippen molar-refractivity contribution in [1.29, 1.82) is 0 Å². The minimum atomic E-state index is -0.716. The predicted octanol–water partition coefficient (Wildman–Crippen LogP) is 1.41. The van der Waals surface area contributed by atoms with Crippen LogP contribution in [0, 0.1) is 0 Å². The summed E-state index contributed by atoms with van der Waals surface area (Å²) in [6.07, 6.45) is 5.97. The van der Waals surface area contributed by atoms with Gasteiger partial charge in [0.25, 0.3) is 0 Å². The molecule has 1 fully saturated rings. The van der Waals surface area contributed by atoms with Crippen molar-refractivity contribution in [3.8, 4) is 0 Å². The average Bonchev–Trinajstić information content (AvgIpc) is 2.76. The Morgan fingerprint density at radius 3 is 2.86 bits per heavy atom. The lowest BCUT2D eigenvalue weighted by molar-refractivity contribution is -0.137. The van der Waals surface area contributed by atoms with Gasteiger partial charge in [-0.25, -0.2) is 0 Å². The maximum atomic E-state index is 10.7. The zero-order valence-electron chi connectivity index (χ0n) is 8.23. The average molecular weight is 194 g/mol. The Hall–Kier alpha value is -1.32. The number of aromatic nitrogens is 2. The highest BCUT2D eigenvalue weighted by Gasteiger charge is 2.46. The molecule has 14 heavy (non-hydrogen) atoms. The largest absolute Gasteiger partial charge is 0.481 e. The van der Waals surface area contributed by atoms with Crippen LogP contribution in [-0.4, -0.2) is 20.9 Å². The van der Waals surface area contributed by atoms with Crippen molar-refractivity contribution in [3.63, 3.8) is 0 Å². The van der Waals surface area contributed by atoms with Crippen LogP contribution in [-0.2, 0) is 16.8 Å². The van der Waals surface area contributed by atoms with E-state index in [9.17, 15) is 4.79 Å². The molecule has 0 saturated heterocycles. The Morgan fingerprint density at radius 1 is 1.71 bits per heavy atom. The second kappa shape index (κ2) is 3.12. The molecular weight excluding hydrogens is 180 g/mol. The molecule has 1 aromatic rings. The molecule has 0 aromatic carbocycles. The zero-order valence-corrected chi connectivity index (χ0v) is 8.23. The van der Waals surface area contributed by atoms with Crippen molar-refractivity contribution >= 4 is 5.97 Å². The number of rotatable bonds is 4. The van der Waals surface area contributed by atoms with Crippen molar-refractivity contribution in [2.45, 2.75) is 38.1 Å². The maximum Gasteiger partial charge on any atom is 0.304 e. The molecule has 1 saturated carbocycles. The first-order valence-corrected chi connectivity index (χ1v) is 4.91. The molecule has 0 amide bonds. The van der Waals surface area contributed by atoms with Gasteiger partial charge in [-0.1, -0.05) is 0 Å². The van der Waals surface area contributed by atoms with Crippen LogP contribution in [0.3, 0.4) is 0 Å². The lowest BCUT2D eigenvalue weighted by Gasteiger charge is -2.08. The van der Waals surface area contributed by atoms with Gasteiger partial charge in [-0.15, -0.1) is 0 Å². The third-order valence-electron chi connectivity index (χ3n) is 2.91. The van der Waals surface area contributed by atoms with Crippen LogP contribution >= 0.6 is 0 Å². The van der Waals surface area contributed by atoms with Gasteiger partial charge in [0.15, 0.2) is 0 Å². The Bertz CT molecular complexity index is 353. The molecule has 2 rings (SSSR count). The Labute approximate surface area is 82.5 Å². The summed E-state index contributed by atoms with van der Waals surface area (Å²) in [7, 11) is 0. The number of hydrogen-bond donors (Lipinski definition) is 1. The number of aryl methyl sites for hydroxylation is 1. The molecule has 0 unspecified atom stereocenters. The Balaban J connectivity index is 2.17. The molecule has 1 heterocycles. The van der Waals surface area contributed by atoms with E-state index in [0.29, 0.717) is 0 Å². The van der Waals surface area contributed by atoms with Crippen LogP contribution in [0.25, 0.3) is 0 Å². The van der Waals surface area contributed by atoms with E-state index in [4.69, 9.17) is 5.11 Å². The molecule has 0 aliphatic heterocycles. The highest BCUT2D eigenvalue weighted by molar-refractivity contribution is 5.70. The summed E-state index contributed by atoms with van der Waals surface area (Å²) in [6.45, 7) is 2.86. The maximum absolute atomic E-state index is 10.7. The van der Waals surface area contributed by atoms with Crippen molar-refractivity contribution in [2.75, 3.05) is 0 Å². The van der Waals surface area contributed by atoms with Gasteiger partial charge in [-0.05, 0) is 25.3 Å². The van der Waals surface area contributed by atoms with Gasteiger partial charge in [0.2, 0.25) is 0 Å². The van der Waals surface area contributed by atoms with E-state index in [-0.39, 0.29) is 11.8 Å². The highest BCUT2D eigenvalue weighted by atomic mass is 16.4. The first-order chi connectivity index (χ1) is 6.66.